The molecule has 4 nitrogen and oxygen atoms in total. The van der Waals surface area contributed by atoms with Gasteiger partial charge in [-0.1, -0.05) is 6.07 Å². The van der Waals surface area contributed by atoms with Gasteiger partial charge in [-0.15, -0.1) is 0 Å². The number of benzene rings is 2. The Kier molecular flexibility index (Phi) is 4.17. The fourth-order valence-corrected chi connectivity index (χ4v) is 3.14. The molecule has 0 aromatic heterocycles. The number of carbonyl (C=O) groups is 1. The summed E-state index contributed by atoms with van der Waals surface area (Å²) < 4.78 is 17.6. The monoisotopic (exact) mass is 412 g/mol. The number of fused-ring (bicyclic) bond motifs is 1. The second-order valence-corrected chi connectivity index (χ2v) is 6.04. The lowest BCUT2D eigenvalue weighted by Crippen LogP contribution is -2.12. The van der Waals surface area contributed by atoms with Gasteiger partial charge in [0.2, 0.25) is 6.79 Å². The average molecular weight is 414 g/mol. The van der Waals surface area contributed by atoms with Crippen molar-refractivity contribution in [1.29, 1.82) is 0 Å². The van der Waals surface area contributed by atoms with Gasteiger partial charge in [-0.3, -0.25) is 4.79 Å². The van der Waals surface area contributed by atoms with Gasteiger partial charge in [0.15, 0.2) is 23.9 Å². The van der Waals surface area contributed by atoms with Crippen molar-refractivity contribution in [3.63, 3.8) is 0 Å². The molecule has 0 saturated heterocycles. The Bertz CT molecular complexity index is 680. The van der Waals surface area contributed by atoms with E-state index in [4.69, 9.17) is 14.2 Å². The Morgan fingerprint density at radius 1 is 1.10 bits per heavy atom. The molecule has 1 aliphatic heterocycles. The average Bonchev–Trinajstić information content (AvgIpc) is 2.93. The summed E-state index contributed by atoms with van der Waals surface area (Å²) in [6.45, 7) is 0.133. The predicted molar refractivity (Wildman–Crippen MR) is 84.2 cm³/mol. The standard InChI is InChI=1S/C15H10Br2O4/c16-10-2-1-3-11(17)15(10)19-7-12(18)9-4-5-13-14(6-9)21-8-20-13/h1-6H,7-8H2. The number of ether oxygens (including phenoxy) is 3. The van der Waals surface area contributed by atoms with Gasteiger partial charge in [0.25, 0.3) is 0 Å². The summed E-state index contributed by atoms with van der Waals surface area (Å²) in [5, 5.41) is 0. The van der Waals surface area contributed by atoms with Crippen molar-refractivity contribution >= 4 is 37.6 Å². The van der Waals surface area contributed by atoms with Gasteiger partial charge in [0, 0.05) is 5.56 Å². The van der Waals surface area contributed by atoms with Gasteiger partial charge in [0.1, 0.15) is 5.75 Å². The minimum atomic E-state index is -0.129. The van der Waals surface area contributed by atoms with Crippen LogP contribution in [0, 0.1) is 0 Å². The largest absolute Gasteiger partial charge is 0.483 e. The Labute approximate surface area is 138 Å². The molecule has 108 valence electrons. The van der Waals surface area contributed by atoms with Crippen LogP contribution in [-0.2, 0) is 0 Å². The van der Waals surface area contributed by atoms with Crippen LogP contribution in [0.3, 0.4) is 0 Å². The van der Waals surface area contributed by atoms with Crippen LogP contribution in [0.1, 0.15) is 10.4 Å². The highest BCUT2D eigenvalue weighted by Crippen LogP contribution is 2.34. The number of ketones is 1. The Balaban J connectivity index is 1.72. The lowest BCUT2D eigenvalue weighted by molar-refractivity contribution is 0.0920. The van der Waals surface area contributed by atoms with Gasteiger partial charge >= 0.3 is 0 Å². The van der Waals surface area contributed by atoms with Crippen LogP contribution in [0.2, 0.25) is 0 Å². The fraction of sp³-hybridized carbons (Fsp3) is 0.133. The fourth-order valence-electron chi connectivity index (χ4n) is 1.91. The van der Waals surface area contributed by atoms with Gasteiger partial charge in [0.05, 0.1) is 8.95 Å². The first-order valence-electron chi connectivity index (χ1n) is 6.15. The SMILES string of the molecule is O=C(COc1c(Br)cccc1Br)c1ccc2c(c1)OCO2. The number of halogens is 2. The van der Waals surface area contributed by atoms with Gasteiger partial charge in [-0.25, -0.2) is 0 Å². The first-order valence-corrected chi connectivity index (χ1v) is 7.73. The van der Waals surface area contributed by atoms with Gasteiger partial charge in [-0.2, -0.15) is 0 Å². The highest BCUT2D eigenvalue weighted by atomic mass is 79.9. The van der Waals surface area contributed by atoms with E-state index in [1.807, 2.05) is 18.2 Å². The molecule has 3 rings (SSSR count). The highest BCUT2D eigenvalue weighted by Gasteiger charge is 2.17. The van der Waals surface area contributed by atoms with Gasteiger partial charge in [-0.05, 0) is 62.2 Å². The van der Waals surface area contributed by atoms with Crippen molar-refractivity contribution in [2.24, 2.45) is 0 Å². The number of para-hydroxylation sites is 1. The molecule has 0 spiro atoms. The summed E-state index contributed by atoms with van der Waals surface area (Å²) in [6, 6.07) is 10.7. The van der Waals surface area contributed by atoms with Crippen LogP contribution >= 0.6 is 31.9 Å². The van der Waals surface area contributed by atoms with E-state index < -0.39 is 0 Å². The summed E-state index contributed by atoms with van der Waals surface area (Å²) in [4.78, 5) is 12.2. The van der Waals surface area contributed by atoms with E-state index in [-0.39, 0.29) is 19.2 Å². The first kappa shape index (κ1) is 14.4. The van der Waals surface area contributed by atoms with E-state index in [2.05, 4.69) is 31.9 Å². The molecule has 0 fully saturated rings. The molecule has 2 aromatic carbocycles. The van der Waals surface area contributed by atoms with E-state index in [9.17, 15) is 4.79 Å². The van der Waals surface area contributed by atoms with E-state index in [1.54, 1.807) is 18.2 Å². The van der Waals surface area contributed by atoms with Crippen LogP contribution in [0.25, 0.3) is 0 Å². The molecule has 1 heterocycles. The Hall–Kier alpha value is -1.53. The Morgan fingerprint density at radius 2 is 1.81 bits per heavy atom. The first-order chi connectivity index (χ1) is 10.1. The minimum absolute atomic E-state index is 0.0547. The van der Waals surface area contributed by atoms with Crippen LogP contribution in [-0.4, -0.2) is 19.2 Å². The third kappa shape index (κ3) is 3.06. The van der Waals surface area contributed by atoms with E-state index in [1.165, 1.54) is 0 Å². The van der Waals surface area contributed by atoms with Crippen LogP contribution < -0.4 is 14.2 Å². The molecule has 0 amide bonds. The van der Waals surface area contributed by atoms with E-state index in [0.717, 1.165) is 8.95 Å². The smallest absolute Gasteiger partial charge is 0.231 e. The molecule has 0 unspecified atom stereocenters. The molecular weight excluding hydrogens is 404 g/mol. The van der Waals surface area contributed by atoms with Crippen LogP contribution in [0.4, 0.5) is 0 Å². The quantitative estimate of drug-likeness (QED) is 0.704. The van der Waals surface area contributed by atoms with Crippen molar-refractivity contribution < 1.29 is 19.0 Å². The number of hydrogen-bond acceptors (Lipinski definition) is 4. The maximum Gasteiger partial charge on any atom is 0.231 e. The summed E-state index contributed by atoms with van der Waals surface area (Å²) in [6.07, 6.45) is 0. The van der Waals surface area contributed by atoms with Crippen molar-refractivity contribution in [3.05, 3.63) is 50.9 Å². The molecule has 0 N–H and O–H groups in total. The van der Waals surface area contributed by atoms with Crippen LogP contribution in [0.15, 0.2) is 45.3 Å². The molecule has 21 heavy (non-hydrogen) atoms. The molecule has 0 radical (unpaired) electrons. The molecule has 1 aliphatic rings. The van der Waals surface area contributed by atoms with E-state index in [0.29, 0.717) is 22.8 Å². The summed E-state index contributed by atoms with van der Waals surface area (Å²) in [5.74, 6) is 1.71. The topological polar surface area (TPSA) is 44.8 Å². The third-order valence-corrected chi connectivity index (χ3v) is 4.21. The molecule has 0 aliphatic carbocycles. The lowest BCUT2D eigenvalue weighted by Gasteiger charge is -2.09. The maximum absolute atomic E-state index is 12.2. The van der Waals surface area contributed by atoms with Crippen LogP contribution in [0.5, 0.6) is 17.2 Å². The number of hydrogen-bond donors (Lipinski definition) is 0. The summed E-state index contributed by atoms with van der Waals surface area (Å²) in [7, 11) is 0. The van der Waals surface area contributed by atoms with Gasteiger partial charge < -0.3 is 14.2 Å². The van der Waals surface area contributed by atoms with Crippen molar-refractivity contribution in [3.8, 4) is 17.2 Å². The number of Topliss-reactive ketones (excluding diaryl/α,β-unsaturated/α-hetero) is 1. The second kappa shape index (κ2) is 6.07. The zero-order chi connectivity index (χ0) is 14.8. The maximum atomic E-state index is 12.2. The van der Waals surface area contributed by atoms with Crippen molar-refractivity contribution in [2.45, 2.75) is 0 Å². The van der Waals surface area contributed by atoms with E-state index >= 15 is 0 Å². The van der Waals surface area contributed by atoms with Crippen molar-refractivity contribution in [1.82, 2.24) is 0 Å². The highest BCUT2D eigenvalue weighted by molar-refractivity contribution is 9.11. The molecule has 2 aromatic rings. The minimum Gasteiger partial charge on any atom is -0.483 e. The third-order valence-electron chi connectivity index (χ3n) is 2.96. The summed E-state index contributed by atoms with van der Waals surface area (Å²) in [5.41, 5.74) is 0.530. The summed E-state index contributed by atoms with van der Waals surface area (Å²) >= 11 is 6.78. The number of rotatable bonds is 4. The second-order valence-electron chi connectivity index (χ2n) is 4.33. The zero-order valence-corrected chi connectivity index (χ0v) is 13.9. The number of carbonyl (C=O) groups excluding carboxylic acids is 1. The van der Waals surface area contributed by atoms with Crippen molar-refractivity contribution in [2.75, 3.05) is 13.4 Å². The zero-order valence-electron chi connectivity index (χ0n) is 10.8. The predicted octanol–water partition coefficient (Wildman–Crippen LogP) is 4.20. The molecule has 0 atom stereocenters. The normalized spacial score (nSPS) is 12.3. The molecular formula is C15H10Br2O4. The molecule has 0 saturated carbocycles. The molecule has 6 heteroatoms. The Morgan fingerprint density at radius 3 is 2.57 bits per heavy atom. The molecule has 0 bridgehead atoms. The lowest BCUT2D eigenvalue weighted by atomic mass is 10.1.